The minimum atomic E-state index is -4.77. The molecule has 14 nitrogen and oxygen atoms in total. The molecule has 1 aliphatic rings. The van der Waals surface area contributed by atoms with Gasteiger partial charge in [0.15, 0.2) is 24.6 Å². The van der Waals surface area contributed by atoms with Gasteiger partial charge in [-0.25, -0.2) is 0 Å². The normalized spacial score (nSPS) is 17.2. The zero-order valence-corrected chi connectivity index (χ0v) is 60.1. The highest BCUT2D eigenvalue weighted by molar-refractivity contribution is 7.85. The number of esters is 4. The fourth-order valence-corrected chi connectivity index (χ4v) is 12.9. The molecule has 2 N–H and O–H groups in total. The first-order chi connectivity index (χ1) is 44.3. The highest BCUT2D eigenvalue weighted by atomic mass is 32.2. The molecule has 0 radical (unpaired) electrons. The molecular weight excluding hydrogens is 1170 g/mol. The predicted molar refractivity (Wildman–Crippen MR) is 373 cm³/mol. The van der Waals surface area contributed by atoms with Crippen molar-refractivity contribution < 1.29 is 65.7 Å². The molecule has 0 amide bonds. The van der Waals surface area contributed by atoms with E-state index in [1.165, 1.54) is 205 Å². The van der Waals surface area contributed by atoms with Crippen LogP contribution in [0.1, 0.15) is 394 Å². The molecule has 6 unspecified atom stereocenters. The Morgan fingerprint density at radius 2 is 0.670 bits per heavy atom. The molecule has 1 fully saturated rings. The van der Waals surface area contributed by atoms with Crippen LogP contribution < -0.4 is 0 Å². The van der Waals surface area contributed by atoms with Gasteiger partial charge in [0.05, 0.1) is 6.61 Å². The highest BCUT2D eigenvalue weighted by Gasteiger charge is 2.51. The van der Waals surface area contributed by atoms with Gasteiger partial charge in [-0.05, 0) is 51.4 Å². The maximum Gasteiger partial charge on any atom is 0.306 e. The number of hydrogen-bond acceptors (Lipinski definition) is 13. The van der Waals surface area contributed by atoms with Crippen LogP contribution in [0.15, 0.2) is 12.2 Å². The summed E-state index contributed by atoms with van der Waals surface area (Å²) >= 11 is 0. The van der Waals surface area contributed by atoms with Gasteiger partial charge in [0.25, 0.3) is 10.1 Å². The molecule has 91 heavy (non-hydrogen) atoms. The minimum Gasteiger partial charge on any atom is -0.462 e. The quantitative estimate of drug-likeness (QED) is 0.0192. The molecule has 1 rings (SSSR count). The maximum atomic E-state index is 13.8. The summed E-state index contributed by atoms with van der Waals surface area (Å²) in [4.78, 5) is 54.2. The first-order valence-electron chi connectivity index (χ1n) is 38.6. The topological polar surface area (TPSA) is 198 Å². The molecule has 1 aliphatic heterocycles. The lowest BCUT2D eigenvalue weighted by atomic mass is 9.99. The summed E-state index contributed by atoms with van der Waals surface area (Å²) in [6, 6.07) is 0. The third-order valence-electron chi connectivity index (χ3n) is 18.0. The van der Waals surface area contributed by atoms with Crippen molar-refractivity contribution in [2.24, 2.45) is 0 Å². The summed E-state index contributed by atoms with van der Waals surface area (Å²) in [7, 11) is -4.77. The molecule has 0 aromatic carbocycles. The van der Waals surface area contributed by atoms with Gasteiger partial charge in [0.2, 0.25) is 0 Å². The van der Waals surface area contributed by atoms with Gasteiger partial charge in [-0.15, -0.1) is 0 Å². The Kier molecular flexibility index (Phi) is 60.3. The zero-order chi connectivity index (χ0) is 66.4. The lowest BCUT2D eigenvalue weighted by Gasteiger charge is -2.43. The largest absolute Gasteiger partial charge is 0.462 e. The summed E-state index contributed by atoms with van der Waals surface area (Å²) < 4.78 is 70.8. The van der Waals surface area contributed by atoms with E-state index >= 15 is 0 Å². The first-order valence-corrected chi connectivity index (χ1v) is 40.2. The Labute approximate surface area is 558 Å². The van der Waals surface area contributed by atoms with Crippen molar-refractivity contribution >= 4 is 34.0 Å². The van der Waals surface area contributed by atoms with Crippen molar-refractivity contribution in [2.45, 2.75) is 430 Å². The Morgan fingerprint density at radius 1 is 0.385 bits per heavy atom. The third kappa shape index (κ3) is 55.3. The lowest BCUT2D eigenvalue weighted by molar-refractivity contribution is -0.302. The number of rotatable bonds is 68. The van der Waals surface area contributed by atoms with Crippen LogP contribution in [0.3, 0.4) is 0 Å². The van der Waals surface area contributed by atoms with Crippen molar-refractivity contribution in [3.8, 4) is 0 Å². The molecule has 0 saturated carbocycles. The number of aliphatic hydroxyl groups excluding tert-OH is 1. The molecule has 536 valence electrons. The van der Waals surface area contributed by atoms with E-state index in [0.717, 1.165) is 109 Å². The average molecular weight is 1310 g/mol. The standard InChI is InChI=1S/C76H142O14S/c1-5-9-13-17-21-25-29-33-37-41-45-49-53-57-61-70(78)87-67(64-85-69(77)60-56-52-48-44-40-36-32-28-24-20-16-12-8-4)65-86-76-75(90-72(80)63-59-55-51-47-43-39-35-31-27-23-19-15-11-7-3)74(73(81)68(88-76)66-91(82,83)84)89-71(79)62-58-54-50-46-42-38-34-30-26-22-18-14-10-6-2/h28,32,67-68,73-76,81H,5-27,29-31,33-66H2,1-4H3,(H,82,83,84)/b32-28+. The van der Waals surface area contributed by atoms with Gasteiger partial charge in [-0.2, -0.15) is 8.42 Å². The smallest absolute Gasteiger partial charge is 0.306 e. The van der Waals surface area contributed by atoms with Crippen LogP contribution in [0, 0.1) is 0 Å². The predicted octanol–water partition coefficient (Wildman–Crippen LogP) is 21.1. The Bertz CT molecular complexity index is 1810. The Morgan fingerprint density at radius 3 is 1.01 bits per heavy atom. The number of hydrogen-bond donors (Lipinski definition) is 2. The molecular formula is C76H142O14S. The van der Waals surface area contributed by atoms with Gasteiger partial charge < -0.3 is 33.5 Å². The van der Waals surface area contributed by atoms with E-state index in [0.29, 0.717) is 25.7 Å². The van der Waals surface area contributed by atoms with E-state index < -0.39 is 83.2 Å². The lowest BCUT2D eigenvalue weighted by Crippen LogP contribution is -2.62. The summed E-state index contributed by atoms with van der Waals surface area (Å²) in [5.74, 6) is -3.36. The Hall–Kier alpha value is -2.59. The number of ether oxygens (including phenoxy) is 6. The van der Waals surface area contributed by atoms with Crippen LogP contribution in [0.4, 0.5) is 0 Å². The van der Waals surface area contributed by atoms with E-state index in [9.17, 15) is 37.3 Å². The molecule has 0 bridgehead atoms. The van der Waals surface area contributed by atoms with Crippen LogP contribution in [0.5, 0.6) is 0 Å². The van der Waals surface area contributed by atoms with Crippen LogP contribution in [0.2, 0.25) is 0 Å². The molecule has 15 heteroatoms. The fraction of sp³-hybridized carbons (Fsp3) is 0.921. The molecule has 0 aromatic rings. The number of carbonyl (C=O) groups excluding carboxylic acids is 4. The van der Waals surface area contributed by atoms with E-state index in [1.807, 2.05) is 0 Å². The van der Waals surface area contributed by atoms with E-state index in [1.54, 1.807) is 0 Å². The van der Waals surface area contributed by atoms with Gasteiger partial charge in [0.1, 0.15) is 24.6 Å². The molecule has 0 aliphatic carbocycles. The fourth-order valence-electron chi connectivity index (χ4n) is 12.3. The van der Waals surface area contributed by atoms with Crippen LogP contribution in [-0.4, -0.2) is 97.7 Å². The number of aliphatic hydroxyl groups is 1. The molecule has 0 spiro atoms. The minimum absolute atomic E-state index is 0.00984. The molecule has 1 heterocycles. The number of allylic oxidation sites excluding steroid dienone is 2. The number of carbonyl (C=O) groups is 4. The van der Waals surface area contributed by atoms with E-state index in [-0.39, 0.29) is 32.3 Å². The van der Waals surface area contributed by atoms with Crippen LogP contribution >= 0.6 is 0 Å². The molecule has 0 aromatic heterocycles. The Balaban J connectivity index is 3.14. The second kappa shape index (κ2) is 63.5. The van der Waals surface area contributed by atoms with Crippen molar-refractivity contribution in [1.29, 1.82) is 0 Å². The maximum absolute atomic E-state index is 13.8. The van der Waals surface area contributed by atoms with E-state index in [2.05, 4.69) is 39.8 Å². The number of unbranched alkanes of at least 4 members (excludes halogenated alkanes) is 48. The second-order valence-electron chi connectivity index (χ2n) is 27.0. The van der Waals surface area contributed by atoms with Crippen molar-refractivity contribution in [1.82, 2.24) is 0 Å². The molecule has 1 saturated heterocycles. The second-order valence-corrected chi connectivity index (χ2v) is 28.5. The summed E-state index contributed by atoms with van der Waals surface area (Å²) in [5, 5.41) is 11.7. The van der Waals surface area contributed by atoms with Gasteiger partial charge >= 0.3 is 23.9 Å². The molecule has 6 atom stereocenters. The van der Waals surface area contributed by atoms with Crippen molar-refractivity contribution in [3.63, 3.8) is 0 Å². The third-order valence-corrected chi connectivity index (χ3v) is 18.8. The zero-order valence-electron chi connectivity index (χ0n) is 59.2. The van der Waals surface area contributed by atoms with Crippen molar-refractivity contribution in [2.75, 3.05) is 19.0 Å². The summed E-state index contributed by atoms with van der Waals surface area (Å²) in [6.45, 7) is 8.16. The van der Waals surface area contributed by atoms with Gasteiger partial charge in [-0.1, -0.05) is 329 Å². The first kappa shape index (κ1) is 86.4. The highest BCUT2D eigenvalue weighted by Crippen LogP contribution is 2.30. The SMILES string of the molecule is CCCCCC/C=C/CCCCCCCC(=O)OCC(COC1OC(CS(=O)(=O)O)C(O)C(OC(=O)CCCCCCCCCCCCCCCC)C1OC(=O)CCCCCCCCCCCCCCCC)OC(=O)CCCCCCCCCCCCCCCC. The summed E-state index contributed by atoms with van der Waals surface area (Å²) in [6.07, 6.45) is 55.8. The van der Waals surface area contributed by atoms with E-state index in [4.69, 9.17) is 28.4 Å². The van der Waals surface area contributed by atoms with Crippen molar-refractivity contribution in [3.05, 3.63) is 12.2 Å². The monoisotopic (exact) mass is 1310 g/mol. The van der Waals surface area contributed by atoms with Gasteiger partial charge in [0, 0.05) is 25.7 Å². The van der Waals surface area contributed by atoms with Crippen LogP contribution in [-0.2, 0) is 57.7 Å². The van der Waals surface area contributed by atoms with Crippen LogP contribution in [0.25, 0.3) is 0 Å². The summed E-state index contributed by atoms with van der Waals surface area (Å²) in [5.41, 5.74) is 0. The van der Waals surface area contributed by atoms with Gasteiger partial charge in [-0.3, -0.25) is 23.7 Å². The average Bonchev–Trinajstić information content (AvgIpc) is 1.03.